The van der Waals surface area contributed by atoms with E-state index in [0.29, 0.717) is 35.6 Å². The van der Waals surface area contributed by atoms with Gasteiger partial charge in [-0.3, -0.25) is 4.79 Å². The van der Waals surface area contributed by atoms with Crippen molar-refractivity contribution in [2.45, 2.75) is 58.3 Å². The van der Waals surface area contributed by atoms with Crippen molar-refractivity contribution in [3.63, 3.8) is 0 Å². The predicted octanol–water partition coefficient (Wildman–Crippen LogP) is 2.79. The highest BCUT2D eigenvalue weighted by atomic mass is 16.4. The quantitative estimate of drug-likeness (QED) is 0.842. The highest BCUT2D eigenvalue weighted by Crippen LogP contribution is 2.50. The summed E-state index contributed by atoms with van der Waals surface area (Å²) in [7, 11) is 0. The molecule has 1 aliphatic carbocycles. The molecule has 2 aromatic rings. The highest BCUT2D eigenvalue weighted by molar-refractivity contribution is 5.95. The fourth-order valence-corrected chi connectivity index (χ4v) is 4.55. The Labute approximate surface area is 153 Å². The molecule has 0 radical (unpaired) electrons. The monoisotopic (exact) mass is 355 g/mol. The fraction of sp³-hybridized carbons (Fsp3) is 0.632. The van der Waals surface area contributed by atoms with E-state index in [4.69, 9.17) is 4.42 Å². The maximum Gasteiger partial charge on any atom is 0.257 e. The number of carbonyl (C=O) groups excluding carboxylic acids is 1. The van der Waals surface area contributed by atoms with Crippen molar-refractivity contribution in [2.75, 3.05) is 13.1 Å². The lowest BCUT2D eigenvalue weighted by molar-refractivity contribution is 0.0773. The molecule has 0 aromatic carbocycles. The van der Waals surface area contributed by atoms with E-state index in [0.717, 1.165) is 31.5 Å². The molecular weight excluding hydrogens is 330 g/mol. The smallest absolute Gasteiger partial charge is 0.257 e. The lowest BCUT2D eigenvalue weighted by atomic mass is 9.80. The standard InChI is InChI=1S/C19H25N5O2/c1-11(2)16-15(8-20-12(3)21-16)17(25)24-9-14-6-5-7-19(14,10-24)18-23-22-13(4)26-18/h8,11,14H,5-7,9-10H2,1-4H3/t14-,19-/m0/s1. The third kappa shape index (κ3) is 2.61. The molecule has 1 saturated heterocycles. The van der Waals surface area contributed by atoms with Crippen LogP contribution >= 0.6 is 0 Å². The maximum absolute atomic E-state index is 13.3. The Balaban J connectivity index is 1.66. The molecule has 1 saturated carbocycles. The number of fused-ring (bicyclic) bond motifs is 1. The molecule has 0 bridgehead atoms. The van der Waals surface area contributed by atoms with E-state index in [1.165, 1.54) is 0 Å². The van der Waals surface area contributed by atoms with Gasteiger partial charge in [-0.25, -0.2) is 9.97 Å². The molecule has 2 fully saturated rings. The number of aromatic nitrogens is 4. The minimum Gasteiger partial charge on any atom is -0.425 e. The van der Waals surface area contributed by atoms with E-state index in [1.807, 2.05) is 18.7 Å². The largest absolute Gasteiger partial charge is 0.425 e. The first-order chi connectivity index (χ1) is 12.4. The van der Waals surface area contributed by atoms with E-state index in [2.05, 4.69) is 34.0 Å². The Kier molecular flexibility index (Phi) is 4.04. The first-order valence-corrected chi connectivity index (χ1v) is 9.34. The molecule has 1 amide bonds. The van der Waals surface area contributed by atoms with Crippen LogP contribution in [0.15, 0.2) is 10.6 Å². The molecule has 7 nitrogen and oxygen atoms in total. The average Bonchev–Trinajstić information content (AvgIpc) is 3.27. The summed E-state index contributed by atoms with van der Waals surface area (Å²) in [5.41, 5.74) is 1.24. The van der Waals surface area contributed by atoms with Gasteiger partial charge < -0.3 is 9.32 Å². The van der Waals surface area contributed by atoms with E-state index in [9.17, 15) is 4.79 Å². The molecule has 26 heavy (non-hydrogen) atoms. The third-order valence-corrected chi connectivity index (χ3v) is 5.83. The van der Waals surface area contributed by atoms with Gasteiger partial charge >= 0.3 is 0 Å². The van der Waals surface area contributed by atoms with Gasteiger partial charge in [0, 0.05) is 26.2 Å². The number of aryl methyl sites for hydroxylation is 2. The van der Waals surface area contributed by atoms with Crippen molar-refractivity contribution >= 4 is 5.91 Å². The van der Waals surface area contributed by atoms with Crippen LogP contribution in [0, 0.1) is 19.8 Å². The van der Waals surface area contributed by atoms with Crippen LogP contribution in [0.5, 0.6) is 0 Å². The van der Waals surface area contributed by atoms with Crippen molar-refractivity contribution in [1.82, 2.24) is 25.1 Å². The molecule has 4 rings (SSSR count). The summed E-state index contributed by atoms with van der Waals surface area (Å²) >= 11 is 0. The predicted molar refractivity (Wildman–Crippen MR) is 94.8 cm³/mol. The molecule has 0 N–H and O–H groups in total. The zero-order chi connectivity index (χ0) is 18.5. The molecule has 138 valence electrons. The molecule has 2 aromatic heterocycles. The number of rotatable bonds is 3. The first kappa shape index (κ1) is 17.1. The van der Waals surface area contributed by atoms with Gasteiger partial charge in [0.25, 0.3) is 5.91 Å². The SMILES string of the molecule is Cc1ncc(C(=O)N2C[C@@H]3CCC[C@]3(c3nnc(C)o3)C2)c(C(C)C)n1. The van der Waals surface area contributed by atoms with Crippen LogP contribution in [0.4, 0.5) is 0 Å². The second-order valence-corrected chi connectivity index (χ2v) is 7.93. The van der Waals surface area contributed by atoms with Crippen molar-refractivity contribution in [3.05, 3.63) is 35.1 Å². The normalized spacial score (nSPS) is 25.1. The van der Waals surface area contributed by atoms with Crippen molar-refractivity contribution in [1.29, 1.82) is 0 Å². The molecule has 0 spiro atoms. The lowest BCUT2D eigenvalue weighted by Crippen LogP contribution is -2.35. The molecular formula is C19H25N5O2. The third-order valence-electron chi connectivity index (χ3n) is 5.83. The number of carbonyl (C=O) groups is 1. The Morgan fingerprint density at radius 2 is 2.15 bits per heavy atom. The summed E-state index contributed by atoms with van der Waals surface area (Å²) in [6.07, 6.45) is 4.90. The van der Waals surface area contributed by atoms with Gasteiger partial charge in [-0.15, -0.1) is 10.2 Å². The summed E-state index contributed by atoms with van der Waals surface area (Å²) in [6.45, 7) is 9.13. The molecule has 7 heteroatoms. The van der Waals surface area contributed by atoms with E-state index in [1.54, 1.807) is 6.20 Å². The topological polar surface area (TPSA) is 85.0 Å². The van der Waals surface area contributed by atoms with Gasteiger partial charge in [-0.1, -0.05) is 20.3 Å². The number of hydrogen-bond donors (Lipinski definition) is 0. The minimum atomic E-state index is -0.194. The Hall–Kier alpha value is -2.31. The molecule has 1 aliphatic heterocycles. The minimum absolute atomic E-state index is 0.0127. The van der Waals surface area contributed by atoms with Crippen LogP contribution in [0.25, 0.3) is 0 Å². The van der Waals surface area contributed by atoms with Gasteiger partial charge in [-0.2, -0.15) is 0 Å². The summed E-state index contributed by atoms with van der Waals surface area (Å²) in [5.74, 6) is 2.53. The Bertz CT molecular complexity index is 846. The van der Waals surface area contributed by atoms with Gasteiger partial charge in [0.1, 0.15) is 5.82 Å². The number of likely N-dealkylation sites (tertiary alicyclic amines) is 1. The Morgan fingerprint density at radius 3 is 2.85 bits per heavy atom. The summed E-state index contributed by atoms with van der Waals surface area (Å²) < 4.78 is 5.80. The molecule has 2 aliphatic rings. The maximum atomic E-state index is 13.3. The van der Waals surface area contributed by atoms with Crippen molar-refractivity contribution in [2.24, 2.45) is 5.92 Å². The highest BCUT2D eigenvalue weighted by Gasteiger charge is 2.55. The summed E-state index contributed by atoms with van der Waals surface area (Å²) in [4.78, 5) is 24.0. The van der Waals surface area contributed by atoms with E-state index < -0.39 is 0 Å². The van der Waals surface area contributed by atoms with Crippen LogP contribution in [-0.2, 0) is 5.41 Å². The summed E-state index contributed by atoms with van der Waals surface area (Å²) in [6, 6.07) is 0. The molecule has 3 heterocycles. The second-order valence-electron chi connectivity index (χ2n) is 7.93. The van der Waals surface area contributed by atoms with Crippen LogP contribution < -0.4 is 0 Å². The number of amides is 1. The van der Waals surface area contributed by atoms with Gasteiger partial charge in [0.05, 0.1) is 16.7 Å². The second kappa shape index (κ2) is 6.14. The van der Waals surface area contributed by atoms with Crippen LogP contribution in [0.3, 0.4) is 0 Å². The number of nitrogens with zero attached hydrogens (tertiary/aromatic N) is 5. The van der Waals surface area contributed by atoms with Gasteiger partial charge in [-0.05, 0) is 31.6 Å². The van der Waals surface area contributed by atoms with Crippen molar-refractivity contribution < 1.29 is 9.21 Å². The molecule has 0 unspecified atom stereocenters. The number of hydrogen-bond acceptors (Lipinski definition) is 6. The zero-order valence-electron chi connectivity index (χ0n) is 15.8. The first-order valence-electron chi connectivity index (χ1n) is 9.34. The lowest BCUT2D eigenvalue weighted by Gasteiger charge is -2.24. The zero-order valence-corrected chi connectivity index (χ0v) is 15.8. The van der Waals surface area contributed by atoms with Gasteiger partial charge in [0.15, 0.2) is 0 Å². The van der Waals surface area contributed by atoms with Crippen LogP contribution in [0.2, 0.25) is 0 Å². The van der Waals surface area contributed by atoms with Crippen LogP contribution in [0.1, 0.15) is 72.7 Å². The average molecular weight is 355 g/mol. The Morgan fingerprint density at radius 1 is 1.35 bits per heavy atom. The van der Waals surface area contributed by atoms with Gasteiger partial charge in [0.2, 0.25) is 11.8 Å². The fourth-order valence-electron chi connectivity index (χ4n) is 4.55. The van der Waals surface area contributed by atoms with Crippen molar-refractivity contribution in [3.8, 4) is 0 Å². The van der Waals surface area contributed by atoms with Crippen LogP contribution in [-0.4, -0.2) is 44.1 Å². The summed E-state index contributed by atoms with van der Waals surface area (Å²) in [5, 5.41) is 8.33. The molecule has 2 atom stereocenters. The van der Waals surface area contributed by atoms with E-state index in [-0.39, 0.29) is 17.2 Å². The van der Waals surface area contributed by atoms with E-state index >= 15 is 0 Å².